The molecule has 0 bridgehead atoms. The van der Waals surface area contributed by atoms with Crippen molar-refractivity contribution in [1.82, 2.24) is 0 Å². The van der Waals surface area contributed by atoms with Crippen molar-refractivity contribution in [2.24, 2.45) is 0 Å². The Hall–Kier alpha value is -2.38. The zero-order valence-corrected chi connectivity index (χ0v) is 11.0. The van der Waals surface area contributed by atoms with E-state index in [9.17, 15) is 9.18 Å². The first kappa shape index (κ1) is 14.0. The molecule has 0 amide bonds. The summed E-state index contributed by atoms with van der Waals surface area (Å²) < 4.78 is 19.1. The summed E-state index contributed by atoms with van der Waals surface area (Å²) in [7, 11) is 0. The van der Waals surface area contributed by atoms with Gasteiger partial charge in [-0.25, -0.2) is 4.39 Å². The van der Waals surface area contributed by atoms with Crippen molar-refractivity contribution in [2.75, 3.05) is 0 Å². The highest BCUT2D eigenvalue weighted by Gasteiger charge is 2.09. The molecule has 3 nitrogen and oxygen atoms in total. The summed E-state index contributed by atoms with van der Waals surface area (Å²) in [5.74, 6) is -0.241. The van der Waals surface area contributed by atoms with E-state index in [1.165, 1.54) is 12.1 Å². The number of carbonyl (C=O) groups is 1. The second kappa shape index (κ2) is 6.18. The van der Waals surface area contributed by atoms with Gasteiger partial charge in [-0.15, -0.1) is 0 Å². The van der Waals surface area contributed by atoms with Crippen LogP contribution in [-0.4, -0.2) is 6.29 Å². The molecule has 0 aromatic heterocycles. The lowest BCUT2D eigenvalue weighted by molar-refractivity contribution is 0.111. The zero-order valence-electron chi connectivity index (χ0n) is 10.3. The minimum absolute atomic E-state index is 0.0568. The van der Waals surface area contributed by atoms with Gasteiger partial charge in [0.1, 0.15) is 18.2 Å². The van der Waals surface area contributed by atoms with Gasteiger partial charge in [0.25, 0.3) is 0 Å². The fourth-order valence-corrected chi connectivity index (χ4v) is 1.86. The minimum atomic E-state index is -0.529. The van der Waals surface area contributed by atoms with Crippen molar-refractivity contribution < 1.29 is 13.9 Å². The van der Waals surface area contributed by atoms with Crippen LogP contribution in [0.15, 0.2) is 36.4 Å². The van der Waals surface area contributed by atoms with Crippen LogP contribution in [0.4, 0.5) is 4.39 Å². The molecular formula is C15H9ClFNO2. The fraction of sp³-hybridized carbons (Fsp3) is 0.0667. The Morgan fingerprint density at radius 3 is 2.80 bits per heavy atom. The quantitative estimate of drug-likeness (QED) is 0.806. The van der Waals surface area contributed by atoms with Gasteiger partial charge in [-0.3, -0.25) is 4.79 Å². The number of rotatable bonds is 4. The van der Waals surface area contributed by atoms with Crippen LogP contribution in [-0.2, 0) is 6.61 Å². The molecule has 0 atom stereocenters. The lowest BCUT2D eigenvalue weighted by Crippen LogP contribution is -2.01. The molecule has 0 spiro atoms. The first-order chi connectivity index (χ1) is 9.65. The highest BCUT2D eigenvalue weighted by atomic mass is 35.5. The molecule has 0 unspecified atom stereocenters. The van der Waals surface area contributed by atoms with Crippen LogP contribution in [0, 0.1) is 17.1 Å². The third kappa shape index (κ3) is 2.95. The molecule has 0 radical (unpaired) electrons. The van der Waals surface area contributed by atoms with Gasteiger partial charge in [0.15, 0.2) is 6.29 Å². The molecular weight excluding hydrogens is 281 g/mol. The summed E-state index contributed by atoms with van der Waals surface area (Å²) >= 11 is 5.86. The van der Waals surface area contributed by atoms with Gasteiger partial charge in [0.05, 0.1) is 22.2 Å². The van der Waals surface area contributed by atoms with E-state index < -0.39 is 5.82 Å². The van der Waals surface area contributed by atoms with Crippen molar-refractivity contribution >= 4 is 17.9 Å². The van der Waals surface area contributed by atoms with E-state index in [1.54, 1.807) is 18.2 Å². The van der Waals surface area contributed by atoms with Crippen molar-refractivity contribution in [3.05, 3.63) is 63.9 Å². The number of benzene rings is 2. The molecule has 0 aliphatic carbocycles. The molecule has 2 aromatic rings. The van der Waals surface area contributed by atoms with Crippen molar-refractivity contribution in [3.63, 3.8) is 0 Å². The molecule has 20 heavy (non-hydrogen) atoms. The van der Waals surface area contributed by atoms with Gasteiger partial charge in [-0.2, -0.15) is 5.26 Å². The van der Waals surface area contributed by atoms with Crippen LogP contribution in [0.3, 0.4) is 0 Å². The van der Waals surface area contributed by atoms with E-state index in [1.807, 2.05) is 6.07 Å². The van der Waals surface area contributed by atoms with Crippen molar-refractivity contribution in [2.45, 2.75) is 6.61 Å². The first-order valence-corrected chi connectivity index (χ1v) is 6.08. The number of hydrogen-bond donors (Lipinski definition) is 0. The van der Waals surface area contributed by atoms with Gasteiger partial charge < -0.3 is 4.74 Å². The number of hydrogen-bond acceptors (Lipinski definition) is 3. The van der Waals surface area contributed by atoms with Crippen molar-refractivity contribution in [3.8, 4) is 11.8 Å². The fourth-order valence-electron chi connectivity index (χ4n) is 1.65. The van der Waals surface area contributed by atoms with E-state index in [4.69, 9.17) is 21.6 Å². The van der Waals surface area contributed by atoms with Gasteiger partial charge in [0.2, 0.25) is 0 Å². The minimum Gasteiger partial charge on any atom is -0.488 e. The Labute approximate surface area is 120 Å². The van der Waals surface area contributed by atoms with Crippen LogP contribution >= 0.6 is 11.6 Å². The molecule has 0 aliphatic rings. The van der Waals surface area contributed by atoms with Crippen LogP contribution in [0.1, 0.15) is 21.5 Å². The second-order valence-corrected chi connectivity index (χ2v) is 4.38. The molecule has 0 N–H and O–H groups in total. The van der Waals surface area contributed by atoms with Crippen molar-refractivity contribution in [1.29, 1.82) is 5.26 Å². The largest absolute Gasteiger partial charge is 0.488 e. The lowest BCUT2D eigenvalue weighted by Gasteiger charge is -2.10. The van der Waals surface area contributed by atoms with Gasteiger partial charge in [0, 0.05) is 5.56 Å². The SMILES string of the molecule is N#Cc1ccc(COc2cccc(Cl)c2C=O)c(F)c1. The summed E-state index contributed by atoms with van der Waals surface area (Å²) in [6.07, 6.45) is 0.590. The average Bonchev–Trinajstić information content (AvgIpc) is 2.46. The highest BCUT2D eigenvalue weighted by molar-refractivity contribution is 6.33. The van der Waals surface area contributed by atoms with E-state index in [-0.39, 0.29) is 28.5 Å². The molecule has 0 aliphatic heterocycles. The van der Waals surface area contributed by atoms with Gasteiger partial charge in [-0.05, 0) is 24.3 Å². The first-order valence-electron chi connectivity index (χ1n) is 5.70. The Kier molecular flexibility index (Phi) is 4.34. The monoisotopic (exact) mass is 289 g/mol. The lowest BCUT2D eigenvalue weighted by atomic mass is 10.1. The summed E-state index contributed by atoms with van der Waals surface area (Å²) in [6, 6.07) is 10.7. The third-order valence-corrected chi connectivity index (χ3v) is 3.03. The Morgan fingerprint density at radius 1 is 1.35 bits per heavy atom. The number of aldehydes is 1. The third-order valence-electron chi connectivity index (χ3n) is 2.70. The molecule has 0 saturated carbocycles. The maximum atomic E-state index is 13.7. The van der Waals surface area contributed by atoms with Crippen LogP contribution in [0.5, 0.6) is 5.75 Å². The zero-order chi connectivity index (χ0) is 14.5. The number of halogens is 2. The molecule has 0 fully saturated rings. The molecule has 5 heteroatoms. The predicted octanol–water partition coefficient (Wildman–Crippen LogP) is 3.74. The maximum absolute atomic E-state index is 13.7. The molecule has 2 rings (SSSR count). The number of ether oxygens (including phenoxy) is 1. The second-order valence-electron chi connectivity index (χ2n) is 3.98. The number of carbonyl (C=O) groups excluding carboxylic acids is 1. The Morgan fingerprint density at radius 2 is 2.15 bits per heavy atom. The summed E-state index contributed by atoms with van der Waals surface area (Å²) in [6.45, 7) is -0.0568. The van der Waals surface area contributed by atoms with Crippen LogP contribution in [0.2, 0.25) is 5.02 Å². The average molecular weight is 290 g/mol. The molecule has 0 saturated heterocycles. The Balaban J connectivity index is 2.19. The smallest absolute Gasteiger partial charge is 0.155 e. The predicted molar refractivity (Wildman–Crippen MR) is 72.3 cm³/mol. The van der Waals surface area contributed by atoms with E-state index in [0.717, 1.165) is 6.07 Å². The number of nitriles is 1. The summed E-state index contributed by atoms with van der Waals surface area (Å²) in [5, 5.41) is 8.93. The molecule has 100 valence electrons. The van der Waals surface area contributed by atoms with E-state index >= 15 is 0 Å². The molecule has 2 aromatic carbocycles. The highest BCUT2D eigenvalue weighted by Crippen LogP contribution is 2.25. The van der Waals surface area contributed by atoms with E-state index in [2.05, 4.69) is 0 Å². The summed E-state index contributed by atoms with van der Waals surface area (Å²) in [4.78, 5) is 10.9. The maximum Gasteiger partial charge on any atom is 0.155 e. The van der Waals surface area contributed by atoms with Gasteiger partial charge >= 0.3 is 0 Å². The van der Waals surface area contributed by atoms with Crippen LogP contribution in [0.25, 0.3) is 0 Å². The summed E-state index contributed by atoms with van der Waals surface area (Å²) in [5.41, 5.74) is 0.756. The normalized spacial score (nSPS) is 9.85. The Bertz CT molecular complexity index is 695. The standard InChI is InChI=1S/C15H9ClFNO2/c16-13-2-1-3-15(12(13)8-19)20-9-11-5-4-10(7-18)6-14(11)17/h1-6,8H,9H2. The van der Waals surface area contributed by atoms with Gasteiger partial charge in [-0.1, -0.05) is 23.7 Å². The number of nitrogens with zero attached hydrogens (tertiary/aromatic N) is 1. The topological polar surface area (TPSA) is 50.1 Å². The van der Waals surface area contributed by atoms with Crippen LogP contribution < -0.4 is 4.74 Å². The molecule has 0 heterocycles. The van der Waals surface area contributed by atoms with E-state index in [0.29, 0.717) is 11.8 Å².